The lowest BCUT2D eigenvalue weighted by molar-refractivity contribution is -0.142. The molecule has 1 aromatic rings. The van der Waals surface area contributed by atoms with Crippen molar-refractivity contribution in [3.63, 3.8) is 0 Å². The minimum Gasteiger partial charge on any atom is -0.467 e. The molecule has 1 amide bonds. The van der Waals surface area contributed by atoms with Gasteiger partial charge in [0, 0.05) is 3.57 Å². The number of hydrogen-bond donors (Lipinski definition) is 1. The summed E-state index contributed by atoms with van der Waals surface area (Å²) in [6.45, 7) is 1.58. The Balaban J connectivity index is 2.73. The number of hydrogen-bond acceptors (Lipinski definition) is 3. The maximum atomic E-state index is 11.8. The molecule has 1 aromatic carbocycles. The lowest BCUT2D eigenvalue weighted by Crippen LogP contribution is -2.39. The Bertz CT molecular complexity index is 406. The standard InChI is InChI=1S/C11H12INO3/c1-7(11(15)16-2)13-10(14)8-5-3-4-6-9(8)12/h3-7H,1-2H3,(H,13,14)/t7-/m1/s1. The first-order valence-corrected chi connectivity index (χ1v) is 5.77. The summed E-state index contributed by atoms with van der Waals surface area (Å²) in [5.41, 5.74) is 0.554. The van der Waals surface area contributed by atoms with E-state index in [1.807, 2.05) is 12.1 Å². The maximum Gasteiger partial charge on any atom is 0.328 e. The second kappa shape index (κ2) is 5.83. The molecule has 0 radical (unpaired) electrons. The summed E-state index contributed by atoms with van der Waals surface area (Å²) in [5.74, 6) is -0.734. The number of rotatable bonds is 3. The molecule has 0 aliphatic rings. The number of amides is 1. The van der Waals surface area contributed by atoms with Gasteiger partial charge in [-0.1, -0.05) is 12.1 Å². The van der Waals surface area contributed by atoms with Crippen LogP contribution in [0.15, 0.2) is 24.3 Å². The van der Waals surface area contributed by atoms with E-state index in [0.717, 1.165) is 3.57 Å². The van der Waals surface area contributed by atoms with Crippen LogP contribution in [0.4, 0.5) is 0 Å². The highest BCUT2D eigenvalue weighted by Gasteiger charge is 2.17. The van der Waals surface area contributed by atoms with Crippen LogP contribution in [0.25, 0.3) is 0 Å². The van der Waals surface area contributed by atoms with Gasteiger partial charge in [0.15, 0.2) is 0 Å². The van der Waals surface area contributed by atoms with Gasteiger partial charge in [0.2, 0.25) is 0 Å². The molecule has 0 aromatic heterocycles. The van der Waals surface area contributed by atoms with Crippen molar-refractivity contribution >= 4 is 34.5 Å². The van der Waals surface area contributed by atoms with Gasteiger partial charge in [0.25, 0.3) is 5.91 Å². The molecular weight excluding hydrogens is 321 g/mol. The first kappa shape index (κ1) is 13.0. The Kier molecular flexibility index (Phi) is 4.72. The monoisotopic (exact) mass is 333 g/mol. The summed E-state index contributed by atoms with van der Waals surface area (Å²) in [6, 6.07) is 6.52. The average Bonchev–Trinajstić information content (AvgIpc) is 2.28. The molecule has 0 unspecified atom stereocenters. The fourth-order valence-electron chi connectivity index (χ4n) is 1.16. The van der Waals surface area contributed by atoms with Gasteiger partial charge in [0.1, 0.15) is 6.04 Å². The zero-order valence-electron chi connectivity index (χ0n) is 8.99. The number of halogens is 1. The summed E-state index contributed by atoms with van der Waals surface area (Å²) >= 11 is 2.07. The van der Waals surface area contributed by atoms with Gasteiger partial charge in [0.05, 0.1) is 12.7 Å². The smallest absolute Gasteiger partial charge is 0.328 e. The van der Waals surface area contributed by atoms with Crippen LogP contribution < -0.4 is 5.32 Å². The van der Waals surface area contributed by atoms with Crippen LogP contribution >= 0.6 is 22.6 Å². The Labute approximate surface area is 108 Å². The van der Waals surface area contributed by atoms with Crippen molar-refractivity contribution < 1.29 is 14.3 Å². The molecule has 1 atom stereocenters. The zero-order valence-corrected chi connectivity index (χ0v) is 11.1. The molecular formula is C11H12INO3. The fourth-order valence-corrected chi connectivity index (χ4v) is 1.79. The van der Waals surface area contributed by atoms with E-state index >= 15 is 0 Å². The molecule has 16 heavy (non-hydrogen) atoms. The van der Waals surface area contributed by atoms with E-state index in [0.29, 0.717) is 5.56 Å². The third-order valence-corrected chi connectivity index (χ3v) is 2.96. The van der Waals surface area contributed by atoms with E-state index in [1.165, 1.54) is 7.11 Å². The third-order valence-electron chi connectivity index (χ3n) is 2.02. The van der Waals surface area contributed by atoms with Crippen molar-refractivity contribution in [2.45, 2.75) is 13.0 Å². The molecule has 1 N–H and O–H groups in total. The van der Waals surface area contributed by atoms with Crippen molar-refractivity contribution in [2.24, 2.45) is 0 Å². The van der Waals surface area contributed by atoms with Gasteiger partial charge in [-0.3, -0.25) is 4.79 Å². The highest BCUT2D eigenvalue weighted by molar-refractivity contribution is 14.1. The minimum atomic E-state index is -0.645. The average molecular weight is 333 g/mol. The lowest BCUT2D eigenvalue weighted by Gasteiger charge is -2.12. The van der Waals surface area contributed by atoms with Crippen LogP contribution in [-0.4, -0.2) is 25.0 Å². The fraction of sp³-hybridized carbons (Fsp3) is 0.273. The molecule has 86 valence electrons. The number of methoxy groups -OCH3 is 1. The molecule has 5 heteroatoms. The number of carbonyl (C=O) groups is 2. The molecule has 0 saturated carbocycles. The highest BCUT2D eigenvalue weighted by Crippen LogP contribution is 2.11. The van der Waals surface area contributed by atoms with Crippen LogP contribution in [0.3, 0.4) is 0 Å². The summed E-state index contributed by atoms with van der Waals surface area (Å²) in [6.07, 6.45) is 0. The van der Waals surface area contributed by atoms with Crippen molar-refractivity contribution in [2.75, 3.05) is 7.11 Å². The number of carbonyl (C=O) groups excluding carboxylic acids is 2. The van der Waals surface area contributed by atoms with E-state index in [-0.39, 0.29) is 5.91 Å². The molecule has 0 fully saturated rings. The molecule has 0 bridgehead atoms. The molecule has 0 aliphatic carbocycles. The van der Waals surface area contributed by atoms with Crippen LogP contribution in [0.5, 0.6) is 0 Å². The molecule has 1 rings (SSSR count). The van der Waals surface area contributed by atoms with E-state index in [1.54, 1.807) is 19.1 Å². The summed E-state index contributed by atoms with van der Waals surface area (Å²) in [7, 11) is 1.29. The van der Waals surface area contributed by atoms with Crippen LogP contribution in [0, 0.1) is 3.57 Å². The number of benzene rings is 1. The van der Waals surface area contributed by atoms with Gasteiger partial charge in [-0.25, -0.2) is 4.79 Å². The normalized spacial score (nSPS) is 11.7. The summed E-state index contributed by atoms with van der Waals surface area (Å²) in [4.78, 5) is 22.9. The Morgan fingerprint density at radius 1 is 1.38 bits per heavy atom. The number of nitrogens with one attached hydrogen (secondary N) is 1. The summed E-state index contributed by atoms with van der Waals surface area (Å²) < 4.78 is 5.37. The van der Waals surface area contributed by atoms with Crippen LogP contribution in [0.1, 0.15) is 17.3 Å². The topological polar surface area (TPSA) is 55.4 Å². The minimum absolute atomic E-state index is 0.275. The largest absolute Gasteiger partial charge is 0.467 e. The van der Waals surface area contributed by atoms with Crippen molar-refractivity contribution in [3.8, 4) is 0 Å². The second-order valence-corrected chi connectivity index (χ2v) is 4.36. The van der Waals surface area contributed by atoms with Gasteiger partial charge in [-0.15, -0.1) is 0 Å². The van der Waals surface area contributed by atoms with Crippen LogP contribution in [-0.2, 0) is 9.53 Å². The van der Waals surface area contributed by atoms with Crippen molar-refractivity contribution in [3.05, 3.63) is 33.4 Å². The second-order valence-electron chi connectivity index (χ2n) is 3.20. The lowest BCUT2D eigenvalue weighted by atomic mass is 10.2. The van der Waals surface area contributed by atoms with Crippen LogP contribution in [0.2, 0.25) is 0 Å². The Morgan fingerprint density at radius 3 is 2.56 bits per heavy atom. The zero-order chi connectivity index (χ0) is 12.1. The SMILES string of the molecule is COC(=O)[C@@H](C)NC(=O)c1ccccc1I. The summed E-state index contributed by atoms with van der Waals surface area (Å²) in [5, 5.41) is 2.57. The maximum absolute atomic E-state index is 11.8. The molecule has 0 saturated heterocycles. The highest BCUT2D eigenvalue weighted by atomic mass is 127. The van der Waals surface area contributed by atoms with Crippen molar-refractivity contribution in [1.82, 2.24) is 5.32 Å². The van der Waals surface area contributed by atoms with E-state index < -0.39 is 12.0 Å². The molecule has 0 aliphatic heterocycles. The Hall–Kier alpha value is -1.11. The predicted octanol–water partition coefficient (Wildman–Crippen LogP) is 1.58. The Morgan fingerprint density at radius 2 is 2.00 bits per heavy atom. The first-order valence-electron chi connectivity index (χ1n) is 4.69. The number of esters is 1. The van der Waals surface area contributed by atoms with E-state index in [9.17, 15) is 9.59 Å². The van der Waals surface area contributed by atoms with Crippen molar-refractivity contribution in [1.29, 1.82) is 0 Å². The molecule has 4 nitrogen and oxygen atoms in total. The van der Waals surface area contributed by atoms with Gasteiger partial charge in [-0.2, -0.15) is 0 Å². The van der Waals surface area contributed by atoms with E-state index in [2.05, 4.69) is 32.6 Å². The van der Waals surface area contributed by atoms with Gasteiger partial charge < -0.3 is 10.1 Å². The number of ether oxygens (including phenoxy) is 1. The van der Waals surface area contributed by atoms with E-state index in [4.69, 9.17) is 0 Å². The first-order chi connectivity index (χ1) is 7.56. The van der Waals surface area contributed by atoms with Gasteiger partial charge >= 0.3 is 5.97 Å². The quantitative estimate of drug-likeness (QED) is 0.675. The molecule has 0 spiro atoms. The predicted molar refractivity (Wildman–Crippen MR) is 68.1 cm³/mol. The third kappa shape index (κ3) is 3.19. The molecule has 0 heterocycles. The van der Waals surface area contributed by atoms with Gasteiger partial charge in [-0.05, 0) is 41.6 Å².